The molecule has 4 aromatic heterocycles. The van der Waals surface area contributed by atoms with Crippen molar-refractivity contribution in [1.82, 2.24) is 9.97 Å². The Kier molecular flexibility index (Phi) is 4.37. The van der Waals surface area contributed by atoms with Gasteiger partial charge in [0.15, 0.2) is 0 Å². The fraction of sp³-hybridized carbons (Fsp3) is 0.143. The minimum Gasteiger partial charge on any atom is -0.437 e. The average Bonchev–Trinajstić information content (AvgIpc) is 3.39. The molecule has 0 aliphatic rings. The molecule has 0 aliphatic carbocycles. The molecule has 0 saturated carbocycles. The second-order valence-electron chi connectivity index (χ2n) is 8.58. The van der Waals surface area contributed by atoms with Crippen molar-refractivity contribution in [2.24, 2.45) is 0 Å². The molecule has 4 heteroatoms. The third-order valence-electron chi connectivity index (χ3n) is 6.04. The summed E-state index contributed by atoms with van der Waals surface area (Å²) < 4.78 is 7.41. The molecular weight excluding hydrogens is 412 g/mol. The van der Waals surface area contributed by atoms with Crippen LogP contribution in [0.3, 0.4) is 0 Å². The van der Waals surface area contributed by atoms with Gasteiger partial charge in [0.05, 0.1) is 5.69 Å². The first-order chi connectivity index (χ1) is 15.6. The van der Waals surface area contributed by atoms with E-state index in [0.717, 1.165) is 38.7 Å². The number of para-hydroxylation sites is 1. The topological polar surface area (TPSA) is 38.9 Å². The smallest absolute Gasteiger partial charge is 0.227 e. The number of furan rings is 1. The highest BCUT2D eigenvalue weighted by Gasteiger charge is 2.15. The van der Waals surface area contributed by atoms with E-state index in [1.807, 2.05) is 19.2 Å². The Labute approximate surface area is 190 Å². The van der Waals surface area contributed by atoms with Gasteiger partial charge < -0.3 is 4.42 Å². The van der Waals surface area contributed by atoms with Crippen LogP contribution in [0.2, 0.25) is 0 Å². The number of nitrogens with zero attached hydrogens (tertiary/aromatic N) is 2. The van der Waals surface area contributed by atoms with Crippen LogP contribution in [-0.4, -0.2) is 9.97 Å². The van der Waals surface area contributed by atoms with Crippen molar-refractivity contribution in [2.45, 2.75) is 26.7 Å². The third-order valence-corrected chi connectivity index (χ3v) is 7.19. The van der Waals surface area contributed by atoms with Crippen LogP contribution in [0.15, 0.2) is 77.3 Å². The first kappa shape index (κ1) is 19.2. The molecule has 0 amide bonds. The van der Waals surface area contributed by atoms with Gasteiger partial charge in [-0.2, -0.15) is 0 Å². The molecule has 0 unspecified atom stereocenters. The molecule has 32 heavy (non-hydrogen) atoms. The van der Waals surface area contributed by atoms with Gasteiger partial charge in [-0.3, -0.25) is 4.98 Å². The normalized spacial score (nSPS) is 11.9. The van der Waals surface area contributed by atoms with Crippen molar-refractivity contribution in [1.29, 1.82) is 0 Å². The van der Waals surface area contributed by atoms with Gasteiger partial charge in [0.2, 0.25) is 5.71 Å². The maximum absolute atomic E-state index is 6.19. The number of aryl methyl sites for hydroxylation is 1. The first-order valence-electron chi connectivity index (χ1n) is 10.9. The Balaban J connectivity index is 1.46. The molecule has 4 heterocycles. The molecule has 0 atom stereocenters. The van der Waals surface area contributed by atoms with Gasteiger partial charge in [0.25, 0.3) is 0 Å². The molecular formula is C28H22N2OS. The SMILES string of the molecule is Cc1ccc2c(n1)oc1c(-c3cc4sc(-c5ccc(C(C)C)cc5)cc4cn3)cccc12. The Morgan fingerprint density at radius 3 is 2.56 bits per heavy atom. The zero-order chi connectivity index (χ0) is 21.8. The lowest BCUT2D eigenvalue weighted by molar-refractivity contribution is 0.653. The minimum atomic E-state index is 0.540. The first-order valence-corrected chi connectivity index (χ1v) is 11.7. The number of thiophene rings is 1. The lowest BCUT2D eigenvalue weighted by Gasteiger charge is -2.05. The summed E-state index contributed by atoms with van der Waals surface area (Å²) in [5, 5.41) is 3.27. The Hall–Kier alpha value is -3.50. The van der Waals surface area contributed by atoms with Gasteiger partial charge in [0.1, 0.15) is 5.58 Å². The zero-order valence-electron chi connectivity index (χ0n) is 18.2. The molecule has 0 saturated heterocycles. The van der Waals surface area contributed by atoms with Crippen molar-refractivity contribution in [3.63, 3.8) is 0 Å². The van der Waals surface area contributed by atoms with Crippen LogP contribution in [0.1, 0.15) is 31.0 Å². The van der Waals surface area contributed by atoms with E-state index in [4.69, 9.17) is 9.40 Å². The Morgan fingerprint density at radius 2 is 1.75 bits per heavy atom. The average molecular weight is 435 g/mol. The van der Waals surface area contributed by atoms with Crippen LogP contribution >= 0.6 is 11.3 Å². The zero-order valence-corrected chi connectivity index (χ0v) is 19.0. The lowest BCUT2D eigenvalue weighted by atomic mass is 10.0. The number of hydrogen-bond acceptors (Lipinski definition) is 4. The lowest BCUT2D eigenvalue weighted by Crippen LogP contribution is -1.85. The number of fused-ring (bicyclic) bond motifs is 4. The summed E-state index contributed by atoms with van der Waals surface area (Å²) in [6.07, 6.45) is 1.97. The van der Waals surface area contributed by atoms with Crippen LogP contribution in [0.5, 0.6) is 0 Å². The van der Waals surface area contributed by atoms with Crippen LogP contribution in [0.25, 0.3) is 53.9 Å². The van der Waals surface area contributed by atoms with Crippen molar-refractivity contribution < 1.29 is 4.42 Å². The van der Waals surface area contributed by atoms with Gasteiger partial charge in [-0.05, 0) is 54.3 Å². The van der Waals surface area contributed by atoms with E-state index in [9.17, 15) is 0 Å². The number of benzene rings is 2. The van der Waals surface area contributed by atoms with Gasteiger partial charge >= 0.3 is 0 Å². The predicted octanol–water partition coefficient (Wildman–Crippen LogP) is 8.36. The van der Waals surface area contributed by atoms with Crippen molar-refractivity contribution in [3.8, 4) is 21.7 Å². The Morgan fingerprint density at radius 1 is 0.906 bits per heavy atom. The summed E-state index contributed by atoms with van der Waals surface area (Å²) >= 11 is 1.80. The van der Waals surface area contributed by atoms with Gasteiger partial charge in [-0.25, -0.2) is 4.98 Å². The van der Waals surface area contributed by atoms with Gasteiger partial charge in [-0.15, -0.1) is 11.3 Å². The standard InChI is InChI=1S/C28H22N2OS/c1-16(2)18-8-10-19(11-9-18)25-13-20-15-29-24(14-26(20)32-25)23-6-4-5-21-22-12-7-17(3)30-28(22)31-27(21)23/h4-16H,1-3H3. The van der Waals surface area contributed by atoms with Gasteiger partial charge in [0, 0.05) is 43.2 Å². The van der Waals surface area contributed by atoms with E-state index in [2.05, 4.69) is 79.5 Å². The summed E-state index contributed by atoms with van der Waals surface area (Å²) in [7, 11) is 0. The molecule has 0 fully saturated rings. The summed E-state index contributed by atoms with van der Waals surface area (Å²) in [5.41, 5.74) is 7.00. The second kappa shape index (κ2) is 7.28. The predicted molar refractivity (Wildman–Crippen MR) is 134 cm³/mol. The molecule has 0 spiro atoms. The summed E-state index contributed by atoms with van der Waals surface area (Å²) in [4.78, 5) is 10.6. The van der Waals surface area contributed by atoms with Crippen LogP contribution in [0.4, 0.5) is 0 Å². The monoisotopic (exact) mass is 434 g/mol. The number of hydrogen-bond donors (Lipinski definition) is 0. The Bertz CT molecular complexity index is 1610. The van der Waals surface area contributed by atoms with E-state index in [1.165, 1.54) is 20.7 Å². The second-order valence-corrected chi connectivity index (χ2v) is 9.67. The van der Waals surface area contributed by atoms with Crippen molar-refractivity contribution in [3.05, 3.63) is 84.2 Å². The van der Waals surface area contributed by atoms with Crippen LogP contribution in [0, 0.1) is 6.92 Å². The van der Waals surface area contributed by atoms with E-state index in [1.54, 1.807) is 11.3 Å². The quantitative estimate of drug-likeness (QED) is 0.281. The molecule has 156 valence electrons. The third kappa shape index (κ3) is 3.10. The van der Waals surface area contributed by atoms with E-state index < -0.39 is 0 Å². The van der Waals surface area contributed by atoms with E-state index in [0.29, 0.717) is 11.6 Å². The maximum Gasteiger partial charge on any atom is 0.227 e. The molecule has 6 aromatic rings. The van der Waals surface area contributed by atoms with E-state index in [-0.39, 0.29) is 0 Å². The highest BCUT2D eigenvalue weighted by molar-refractivity contribution is 7.22. The van der Waals surface area contributed by atoms with Crippen molar-refractivity contribution >= 4 is 43.5 Å². The molecule has 3 nitrogen and oxygen atoms in total. The molecule has 0 bridgehead atoms. The number of rotatable bonds is 3. The number of pyridine rings is 2. The van der Waals surface area contributed by atoms with Crippen LogP contribution < -0.4 is 0 Å². The highest BCUT2D eigenvalue weighted by Crippen LogP contribution is 2.38. The summed E-state index contributed by atoms with van der Waals surface area (Å²) in [6, 6.07) is 23.6. The molecule has 0 radical (unpaired) electrons. The fourth-order valence-electron chi connectivity index (χ4n) is 4.23. The highest BCUT2D eigenvalue weighted by atomic mass is 32.1. The van der Waals surface area contributed by atoms with E-state index >= 15 is 0 Å². The molecule has 0 aliphatic heterocycles. The molecule has 2 aromatic carbocycles. The minimum absolute atomic E-state index is 0.540. The summed E-state index contributed by atoms with van der Waals surface area (Å²) in [6.45, 7) is 6.43. The van der Waals surface area contributed by atoms with Gasteiger partial charge in [-0.1, -0.05) is 50.2 Å². The number of aromatic nitrogens is 2. The van der Waals surface area contributed by atoms with Crippen molar-refractivity contribution in [2.75, 3.05) is 0 Å². The largest absolute Gasteiger partial charge is 0.437 e. The van der Waals surface area contributed by atoms with Crippen LogP contribution in [-0.2, 0) is 0 Å². The summed E-state index contributed by atoms with van der Waals surface area (Å²) in [5.74, 6) is 0.540. The maximum atomic E-state index is 6.19. The molecule has 6 rings (SSSR count). The molecule has 0 N–H and O–H groups in total. The fourth-order valence-corrected chi connectivity index (χ4v) is 5.31.